The Balaban J connectivity index is 2.54. The predicted octanol–water partition coefficient (Wildman–Crippen LogP) is 1.63. The summed E-state index contributed by atoms with van der Waals surface area (Å²) < 4.78 is 0. The first-order chi connectivity index (χ1) is 7.13. The van der Waals surface area contributed by atoms with Crippen LogP contribution in [0.15, 0.2) is 24.3 Å². The minimum absolute atomic E-state index is 0.0579. The molecule has 0 radical (unpaired) electrons. The smallest absolute Gasteiger partial charge is 0.153 e. The second-order valence-electron chi connectivity index (χ2n) is 3.70. The minimum atomic E-state index is -0.358. The third-order valence-corrected chi connectivity index (χ3v) is 2.33. The van der Waals surface area contributed by atoms with E-state index in [1.165, 1.54) is 0 Å². The molecule has 0 saturated heterocycles. The normalized spacial score (nSPS) is 12.4. The highest BCUT2D eigenvalue weighted by molar-refractivity contribution is 5.85. The van der Waals surface area contributed by atoms with Gasteiger partial charge >= 0.3 is 0 Å². The van der Waals surface area contributed by atoms with E-state index in [4.69, 9.17) is 10.8 Å². The number of carbonyl (C=O) groups excluding carboxylic acids is 1. The quantitative estimate of drug-likeness (QED) is 0.771. The lowest BCUT2D eigenvalue weighted by Gasteiger charge is -2.08. The molecule has 0 spiro atoms. The first kappa shape index (κ1) is 11.7. The summed E-state index contributed by atoms with van der Waals surface area (Å²) in [5.74, 6) is 0.270. The Hall–Kier alpha value is -1.35. The van der Waals surface area contributed by atoms with Crippen molar-refractivity contribution in [1.29, 1.82) is 0 Å². The molecule has 15 heavy (non-hydrogen) atoms. The molecule has 1 rings (SSSR count). The van der Waals surface area contributed by atoms with Crippen LogP contribution in [0.5, 0.6) is 5.75 Å². The van der Waals surface area contributed by atoms with Gasteiger partial charge < -0.3 is 10.8 Å². The molecule has 3 nitrogen and oxygen atoms in total. The molecule has 0 aromatic heterocycles. The molecule has 1 aromatic carbocycles. The molecule has 0 aliphatic carbocycles. The van der Waals surface area contributed by atoms with Crippen LogP contribution in [0.2, 0.25) is 0 Å². The predicted molar refractivity (Wildman–Crippen MR) is 59.7 cm³/mol. The molecule has 0 amide bonds. The highest BCUT2D eigenvalue weighted by Crippen LogP contribution is 2.11. The van der Waals surface area contributed by atoms with Crippen molar-refractivity contribution in [1.82, 2.24) is 0 Å². The van der Waals surface area contributed by atoms with Crippen molar-refractivity contribution in [2.24, 2.45) is 5.73 Å². The van der Waals surface area contributed by atoms with E-state index in [9.17, 15) is 4.79 Å². The van der Waals surface area contributed by atoms with Gasteiger partial charge in [-0.05, 0) is 24.1 Å². The third kappa shape index (κ3) is 3.72. The average molecular weight is 207 g/mol. The maximum atomic E-state index is 11.6. The second kappa shape index (κ2) is 5.51. The van der Waals surface area contributed by atoms with Gasteiger partial charge in [-0.2, -0.15) is 0 Å². The third-order valence-electron chi connectivity index (χ3n) is 2.33. The van der Waals surface area contributed by atoms with Crippen molar-refractivity contribution in [2.45, 2.75) is 32.2 Å². The molecule has 3 N–H and O–H groups in total. The molecule has 82 valence electrons. The van der Waals surface area contributed by atoms with Crippen molar-refractivity contribution in [3.63, 3.8) is 0 Å². The minimum Gasteiger partial charge on any atom is -0.508 e. The number of phenols is 1. The maximum Gasteiger partial charge on any atom is 0.153 e. The van der Waals surface area contributed by atoms with Crippen LogP contribution >= 0.6 is 0 Å². The van der Waals surface area contributed by atoms with E-state index < -0.39 is 0 Å². The molecule has 0 heterocycles. The van der Waals surface area contributed by atoms with E-state index in [2.05, 4.69) is 0 Å². The Morgan fingerprint density at radius 3 is 2.53 bits per heavy atom. The van der Waals surface area contributed by atoms with Crippen LogP contribution in [-0.2, 0) is 11.2 Å². The summed E-state index contributed by atoms with van der Waals surface area (Å²) in [6.45, 7) is 2.01. The zero-order chi connectivity index (χ0) is 11.3. The lowest BCUT2D eigenvalue weighted by molar-refractivity contribution is -0.119. The molecule has 0 bridgehead atoms. The Morgan fingerprint density at radius 2 is 2.00 bits per heavy atom. The largest absolute Gasteiger partial charge is 0.508 e. The number of rotatable bonds is 5. The summed E-state index contributed by atoms with van der Waals surface area (Å²) >= 11 is 0. The van der Waals surface area contributed by atoms with Gasteiger partial charge in [0.1, 0.15) is 5.75 Å². The summed E-state index contributed by atoms with van der Waals surface area (Å²) in [5, 5.41) is 9.07. The van der Waals surface area contributed by atoms with Crippen LogP contribution in [0.3, 0.4) is 0 Å². The molecule has 0 saturated carbocycles. The van der Waals surface area contributed by atoms with Gasteiger partial charge in [-0.3, -0.25) is 4.79 Å². The molecule has 0 aliphatic rings. The highest BCUT2D eigenvalue weighted by atomic mass is 16.3. The van der Waals surface area contributed by atoms with Crippen LogP contribution in [0.1, 0.15) is 25.3 Å². The number of hydrogen-bond acceptors (Lipinski definition) is 3. The van der Waals surface area contributed by atoms with Crippen molar-refractivity contribution in [2.75, 3.05) is 0 Å². The molecular weight excluding hydrogens is 190 g/mol. The second-order valence-corrected chi connectivity index (χ2v) is 3.70. The number of ketones is 1. The molecule has 0 fully saturated rings. The zero-order valence-corrected chi connectivity index (χ0v) is 8.94. The Bertz CT molecular complexity index is 319. The first-order valence-corrected chi connectivity index (χ1v) is 5.19. The monoisotopic (exact) mass is 207 g/mol. The van der Waals surface area contributed by atoms with Crippen molar-refractivity contribution < 1.29 is 9.90 Å². The van der Waals surface area contributed by atoms with Crippen LogP contribution in [-0.4, -0.2) is 16.9 Å². The lowest BCUT2D eigenvalue weighted by atomic mass is 10.0. The van der Waals surface area contributed by atoms with Crippen LogP contribution in [0.25, 0.3) is 0 Å². The van der Waals surface area contributed by atoms with E-state index in [-0.39, 0.29) is 17.6 Å². The van der Waals surface area contributed by atoms with Crippen molar-refractivity contribution in [3.8, 4) is 5.75 Å². The molecule has 1 aromatic rings. The number of hydrogen-bond donors (Lipinski definition) is 2. The average Bonchev–Trinajstić information content (AvgIpc) is 2.22. The summed E-state index contributed by atoms with van der Waals surface area (Å²) in [5.41, 5.74) is 6.60. The number of aromatic hydroxyl groups is 1. The van der Waals surface area contributed by atoms with E-state index in [0.717, 1.165) is 18.4 Å². The SMILES string of the molecule is CCCC(N)C(=O)Cc1ccc(O)cc1. The van der Waals surface area contributed by atoms with Crippen molar-refractivity contribution >= 4 is 5.78 Å². The fourth-order valence-corrected chi connectivity index (χ4v) is 1.42. The summed E-state index contributed by atoms with van der Waals surface area (Å²) in [4.78, 5) is 11.6. The van der Waals surface area contributed by atoms with Crippen LogP contribution in [0, 0.1) is 0 Å². The van der Waals surface area contributed by atoms with Crippen LogP contribution in [0.4, 0.5) is 0 Å². The maximum absolute atomic E-state index is 11.6. The lowest BCUT2D eigenvalue weighted by Crippen LogP contribution is -2.31. The molecule has 1 atom stereocenters. The molecule has 0 aliphatic heterocycles. The number of carbonyl (C=O) groups is 1. The van der Waals surface area contributed by atoms with E-state index in [1.54, 1.807) is 24.3 Å². The Morgan fingerprint density at radius 1 is 1.40 bits per heavy atom. The fraction of sp³-hybridized carbons (Fsp3) is 0.417. The van der Waals surface area contributed by atoms with Gasteiger partial charge in [0.2, 0.25) is 0 Å². The first-order valence-electron chi connectivity index (χ1n) is 5.19. The number of nitrogens with two attached hydrogens (primary N) is 1. The topological polar surface area (TPSA) is 63.3 Å². The van der Waals surface area contributed by atoms with Gasteiger partial charge in [0.25, 0.3) is 0 Å². The number of benzene rings is 1. The zero-order valence-electron chi connectivity index (χ0n) is 8.94. The summed E-state index contributed by atoms with van der Waals surface area (Å²) in [6, 6.07) is 6.28. The van der Waals surface area contributed by atoms with Gasteiger partial charge in [-0.1, -0.05) is 25.5 Å². The summed E-state index contributed by atoms with van der Waals surface area (Å²) in [6.07, 6.45) is 2.00. The van der Waals surface area contributed by atoms with Gasteiger partial charge in [0.15, 0.2) is 5.78 Å². The van der Waals surface area contributed by atoms with E-state index in [1.807, 2.05) is 6.92 Å². The Kier molecular flexibility index (Phi) is 4.31. The fourth-order valence-electron chi connectivity index (χ4n) is 1.42. The summed E-state index contributed by atoms with van der Waals surface area (Å²) in [7, 11) is 0. The van der Waals surface area contributed by atoms with E-state index in [0.29, 0.717) is 6.42 Å². The van der Waals surface area contributed by atoms with E-state index >= 15 is 0 Å². The van der Waals surface area contributed by atoms with Gasteiger partial charge in [0.05, 0.1) is 6.04 Å². The molecule has 3 heteroatoms. The molecule has 1 unspecified atom stereocenters. The number of Topliss-reactive ketones (excluding diaryl/α,β-unsaturated/α-hetero) is 1. The van der Waals surface area contributed by atoms with Gasteiger partial charge in [-0.15, -0.1) is 0 Å². The van der Waals surface area contributed by atoms with Gasteiger partial charge in [-0.25, -0.2) is 0 Å². The highest BCUT2D eigenvalue weighted by Gasteiger charge is 2.12. The molecular formula is C12H17NO2. The number of phenolic OH excluding ortho intramolecular Hbond substituents is 1. The van der Waals surface area contributed by atoms with Crippen molar-refractivity contribution in [3.05, 3.63) is 29.8 Å². The standard InChI is InChI=1S/C12H17NO2/c1-2-3-11(13)12(15)8-9-4-6-10(14)7-5-9/h4-7,11,14H,2-3,8,13H2,1H3. The Labute approximate surface area is 89.9 Å². The van der Waals surface area contributed by atoms with Gasteiger partial charge in [0, 0.05) is 6.42 Å². The van der Waals surface area contributed by atoms with Crippen LogP contribution < -0.4 is 5.73 Å².